The van der Waals surface area contributed by atoms with Crippen LogP contribution in [0.4, 0.5) is 0 Å². The zero-order valence-corrected chi connectivity index (χ0v) is 6.83. The van der Waals surface area contributed by atoms with Crippen LogP contribution in [0, 0.1) is 0 Å². The molecular formula is C9H9N3. The van der Waals surface area contributed by atoms with Crippen LogP contribution in [0.3, 0.4) is 0 Å². The van der Waals surface area contributed by atoms with Gasteiger partial charge >= 0.3 is 0 Å². The van der Waals surface area contributed by atoms with E-state index in [0.29, 0.717) is 0 Å². The molecule has 0 amide bonds. The Morgan fingerprint density at radius 3 is 3.08 bits per heavy atom. The molecule has 2 rings (SSSR count). The number of rotatable bonds is 1. The van der Waals surface area contributed by atoms with Crippen LogP contribution < -0.4 is 0 Å². The van der Waals surface area contributed by atoms with Crippen LogP contribution >= 0.6 is 0 Å². The highest BCUT2D eigenvalue weighted by Gasteiger charge is 2.03. The zero-order chi connectivity index (χ0) is 8.55. The highest BCUT2D eigenvalue weighted by Crippen LogP contribution is 2.18. The molecule has 0 aliphatic heterocycles. The molecule has 0 fully saturated rings. The fraction of sp³-hybridized carbons (Fsp3) is 0.111. The molecule has 0 saturated carbocycles. The number of aromatic amines is 1. The van der Waals surface area contributed by atoms with Gasteiger partial charge in [0.15, 0.2) is 0 Å². The summed E-state index contributed by atoms with van der Waals surface area (Å²) in [5, 5.41) is 1.03. The Bertz CT molecular complexity index is 428. The molecule has 3 heteroatoms. The van der Waals surface area contributed by atoms with Crippen LogP contribution in [-0.2, 0) is 0 Å². The second-order valence-electron chi connectivity index (χ2n) is 2.74. The number of aromatic nitrogens is 3. The van der Waals surface area contributed by atoms with Gasteiger partial charge in [-0.1, -0.05) is 6.58 Å². The number of nitrogens with one attached hydrogen (secondary N) is 1. The van der Waals surface area contributed by atoms with Crippen LogP contribution in [0.5, 0.6) is 0 Å². The normalized spacial score (nSPS) is 10.4. The first-order chi connectivity index (χ1) is 5.79. The Labute approximate surface area is 70.2 Å². The van der Waals surface area contributed by atoms with Gasteiger partial charge in [-0.2, -0.15) is 0 Å². The summed E-state index contributed by atoms with van der Waals surface area (Å²) in [5.41, 5.74) is 2.74. The van der Waals surface area contributed by atoms with Gasteiger partial charge in [-0.15, -0.1) is 0 Å². The van der Waals surface area contributed by atoms with Gasteiger partial charge < -0.3 is 4.98 Å². The number of fused-ring (bicyclic) bond motifs is 1. The molecule has 0 aliphatic carbocycles. The van der Waals surface area contributed by atoms with Crippen molar-refractivity contribution in [1.29, 1.82) is 0 Å². The molecule has 0 aliphatic rings. The van der Waals surface area contributed by atoms with E-state index in [1.807, 2.05) is 19.2 Å². The van der Waals surface area contributed by atoms with Gasteiger partial charge in [-0.25, -0.2) is 9.97 Å². The largest absolute Gasteiger partial charge is 0.346 e. The van der Waals surface area contributed by atoms with Crippen molar-refractivity contribution >= 4 is 16.6 Å². The molecule has 0 spiro atoms. The Morgan fingerprint density at radius 1 is 1.50 bits per heavy atom. The van der Waals surface area contributed by atoms with Crippen LogP contribution in [-0.4, -0.2) is 15.0 Å². The van der Waals surface area contributed by atoms with E-state index >= 15 is 0 Å². The van der Waals surface area contributed by atoms with E-state index in [1.54, 1.807) is 6.33 Å². The van der Waals surface area contributed by atoms with Crippen molar-refractivity contribution in [3.05, 3.63) is 30.9 Å². The summed E-state index contributed by atoms with van der Waals surface area (Å²) in [6.07, 6.45) is 3.40. The Hall–Kier alpha value is -1.64. The number of hydrogen-bond donors (Lipinski definition) is 1. The quantitative estimate of drug-likeness (QED) is 0.691. The minimum Gasteiger partial charge on any atom is -0.346 e. The van der Waals surface area contributed by atoms with Gasteiger partial charge in [0.05, 0.1) is 5.69 Å². The van der Waals surface area contributed by atoms with Crippen molar-refractivity contribution in [2.45, 2.75) is 6.92 Å². The maximum absolute atomic E-state index is 4.15. The maximum Gasteiger partial charge on any atom is 0.141 e. The lowest BCUT2D eigenvalue weighted by molar-refractivity contribution is 1.18. The summed E-state index contributed by atoms with van der Waals surface area (Å²) >= 11 is 0. The van der Waals surface area contributed by atoms with Crippen molar-refractivity contribution in [2.24, 2.45) is 0 Å². The third kappa shape index (κ3) is 0.906. The van der Waals surface area contributed by atoms with Gasteiger partial charge in [0.25, 0.3) is 0 Å². The summed E-state index contributed by atoms with van der Waals surface area (Å²) in [6, 6.07) is 1.96. The van der Waals surface area contributed by atoms with Crippen LogP contribution in [0.2, 0.25) is 0 Å². The Kier molecular flexibility index (Phi) is 1.43. The summed E-state index contributed by atoms with van der Waals surface area (Å²) in [4.78, 5) is 11.2. The van der Waals surface area contributed by atoms with Crippen LogP contribution in [0.25, 0.3) is 16.6 Å². The highest BCUT2D eigenvalue weighted by molar-refractivity contribution is 5.86. The molecule has 0 bridgehead atoms. The molecule has 2 aromatic rings. The van der Waals surface area contributed by atoms with E-state index in [2.05, 4.69) is 21.5 Å². The third-order valence-corrected chi connectivity index (χ3v) is 1.76. The molecule has 0 atom stereocenters. The lowest BCUT2D eigenvalue weighted by Crippen LogP contribution is -1.87. The fourth-order valence-electron chi connectivity index (χ4n) is 1.21. The molecule has 3 nitrogen and oxygen atoms in total. The number of allylic oxidation sites excluding steroid dienone is 1. The van der Waals surface area contributed by atoms with Gasteiger partial charge in [0, 0.05) is 11.6 Å². The first kappa shape index (κ1) is 7.03. The fourth-order valence-corrected chi connectivity index (χ4v) is 1.21. The Morgan fingerprint density at radius 2 is 2.33 bits per heavy atom. The SMILES string of the molecule is C=C(C)c1ncnc2[nH]ccc12. The number of hydrogen-bond acceptors (Lipinski definition) is 2. The van der Waals surface area contributed by atoms with Crippen molar-refractivity contribution in [3.63, 3.8) is 0 Å². The van der Waals surface area contributed by atoms with E-state index < -0.39 is 0 Å². The van der Waals surface area contributed by atoms with Crippen molar-refractivity contribution < 1.29 is 0 Å². The molecule has 1 N–H and O–H groups in total. The van der Waals surface area contributed by atoms with Gasteiger partial charge in [0.1, 0.15) is 12.0 Å². The highest BCUT2D eigenvalue weighted by atomic mass is 14.9. The zero-order valence-electron chi connectivity index (χ0n) is 6.83. The maximum atomic E-state index is 4.15. The van der Waals surface area contributed by atoms with Crippen LogP contribution in [0.15, 0.2) is 25.2 Å². The Balaban J connectivity index is 2.82. The third-order valence-electron chi connectivity index (χ3n) is 1.76. The van der Waals surface area contributed by atoms with E-state index in [9.17, 15) is 0 Å². The lowest BCUT2D eigenvalue weighted by Gasteiger charge is -1.98. The average Bonchev–Trinajstić information content (AvgIpc) is 2.49. The summed E-state index contributed by atoms with van der Waals surface area (Å²) in [5.74, 6) is 0. The second-order valence-corrected chi connectivity index (χ2v) is 2.74. The predicted molar refractivity (Wildman–Crippen MR) is 48.6 cm³/mol. The second kappa shape index (κ2) is 2.44. The van der Waals surface area contributed by atoms with Gasteiger partial charge in [-0.05, 0) is 18.6 Å². The molecule has 0 saturated heterocycles. The summed E-state index contributed by atoms with van der Waals surface area (Å²) < 4.78 is 0. The minimum absolute atomic E-state index is 0.864. The van der Waals surface area contributed by atoms with Crippen molar-refractivity contribution in [1.82, 2.24) is 15.0 Å². The topological polar surface area (TPSA) is 41.6 Å². The summed E-state index contributed by atoms with van der Waals surface area (Å²) in [6.45, 7) is 5.79. The van der Waals surface area contributed by atoms with E-state index in [1.165, 1.54) is 0 Å². The monoisotopic (exact) mass is 159 g/mol. The average molecular weight is 159 g/mol. The summed E-state index contributed by atoms with van der Waals surface area (Å²) in [7, 11) is 0. The molecule has 12 heavy (non-hydrogen) atoms. The predicted octanol–water partition coefficient (Wildman–Crippen LogP) is 1.99. The smallest absolute Gasteiger partial charge is 0.141 e. The molecule has 0 radical (unpaired) electrons. The van der Waals surface area contributed by atoms with E-state index in [0.717, 1.165) is 22.3 Å². The molecule has 0 aromatic carbocycles. The molecule has 2 heterocycles. The molecular weight excluding hydrogens is 150 g/mol. The minimum atomic E-state index is 0.864. The first-order valence-corrected chi connectivity index (χ1v) is 3.73. The van der Waals surface area contributed by atoms with Gasteiger partial charge in [-0.3, -0.25) is 0 Å². The molecule has 60 valence electrons. The number of H-pyrrole nitrogens is 1. The lowest BCUT2D eigenvalue weighted by atomic mass is 10.2. The van der Waals surface area contributed by atoms with E-state index in [-0.39, 0.29) is 0 Å². The molecule has 0 unspecified atom stereocenters. The number of nitrogens with zero attached hydrogens (tertiary/aromatic N) is 2. The van der Waals surface area contributed by atoms with Crippen LogP contribution in [0.1, 0.15) is 12.6 Å². The standard InChI is InChI=1S/C9H9N3/c1-6(2)8-7-3-4-10-9(7)12-5-11-8/h3-5H,1H2,2H3,(H,10,11,12). The van der Waals surface area contributed by atoms with E-state index in [4.69, 9.17) is 0 Å². The van der Waals surface area contributed by atoms with Crippen molar-refractivity contribution in [2.75, 3.05) is 0 Å². The van der Waals surface area contributed by atoms with Gasteiger partial charge in [0.2, 0.25) is 0 Å². The first-order valence-electron chi connectivity index (χ1n) is 3.73. The van der Waals surface area contributed by atoms with Crippen molar-refractivity contribution in [3.8, 4) is 0 Å². The molecule has 2 aromatic heterocycles.